The molecule has 0 atom stereocenters. The predicted molar refractivity (Wildman–Crippen MR) is 67.1 cm³/mol. The van der Waals surface area contributed by atoms with E-state index >= 15 is 0 Å². The Bertz CT molecular complexity index is 497. The zero-order valence-corrected chi connectivity index (χ0v) is 10.6. The van der Waals surface area contributed by atoms with Gasteiger partial charge in [0.15, 0.2) is 0 Å². The van der Waals surface area contributed by atoms with Crippen LogP contribution in [0.25, 0.3) is 0 Å². The zero-order valence-electron chi connectivity index (χ0n) is 10.6. The van der Waals surface area contributed by atoms with Crippen molar-refractivity contribution in [1.82, 2.24) is 9.88 Å². The summed E-state index contributed by atoms with van der Waals surface area (Å²) in [6.07, 6.45) is 2.43. The third kappa shape index (κ3) is 2.50. The number of amides is 2. The maximum atomic E-state index is 12.3. The van der Waals surface area contributed by atoms with E-state index < -0.39 is 5.91 Å². The van der Waals surface area contributed by atoms with E-state index in [1.165, 1.54) is 12.3 Å². The number of hydrogen-bond acceptors (Lipinski definition) is 3. The van der Waals surface area contributed by atoms with Crippen molar-refractivity contribution >= 4 is 11.8 Å². The lowest BCUT2D eigenvalue weighted by Crippen LogP contribution is -2.30. The first kappa shape index (κ1) is 12.5. The highest BCUT2D eigenvalue weighted by atomic mass is 16.2. The molecule has 2 heterocycles. The van der Waals surface area contributed by atoms with Gasteiger partial charge in [-0.15, -0.1) is 0 Å². The molecule has 0 aliphatic carbocycles. The second kappa shape index (κ2) is 4.40. The first-order chi connectivity index (χ1) is 8.39. The molecule has 18 heavy (non-hydrogen) atoms. The van der Waals surface area contributed by atoms with Gasteiger partial charge in [0.2, 0.25) is 0 Å². The highest BCUT2D eigenvalue weighted by Crippen LogP contribution is 2.29. The molecule has 1 saturated heterocycles. The van der Waals surface area contributed by atoms with Gasteiger partial charge in [-0.05, 0) is 24.0 Å². The Kier molecular flexibility index (Phi) is 3.07. The van der Waals surface area contributed by atoms with Crippen LogP contribution in [0.1, 0.15) is 41.1 Å². The second-order valence-corrected chi connectivity index (χ2v) is 5.43. The van der Waals surface area contributed by atoms with Crippen molar-refractivity contribution in [3.05, 3.63) is 29.6 Å². The molecule has 0 spiro atoms. The smallest absolute Gasteiger partial charge is 0.267 e. The minimum absolute atomic E-state index is 0.0644. The highest BCUT2D eigenvalue weighted by molar-refractivity contribution is 5.98. The summed E-state index contributed by atoms with van der Waals surface area (Å²) in [5.41, 5.74) is 5.91. The van der Waals surface area contributed by atoms with Gasteiger partial charge in [0, 0.05) is 24.8 Å². The Hall–Kier alpha value is -1.91. The average molecular weight is 247 g/mol. The second-order valence-electron chi connectivity index (χ2n) is 5.43. The molecular formula is C13H17N3O2. The molecule has 2 N–H and O–H groups in total. The van der Waals surface area contributed by atoms with E-state index in [1.807, 2.05) is 0 Å². The molecule has 1 fully saturated rings. The van der Waals surface area contributed by atoms with Crippen LogP contribution in [0.15, 0.2) is 18.3 Å². The third-order valence-electron chi connectivity index (χ3n) is 3.22. The van der Waals surface area contributed by atoms with Gasteiger partial charge in [-0.25, -0.2) is 0 Å². The fraction of sp³-hybridized carbons (Fsp3) is 0.462. The number of rotatable bonds is 2. The van der Waals surface area contributed by atoms with Crippen LogP contribution in [-0.4, -0.2) is 34.8 Å². The molecule has 0 aromatic carbocycles. The van der Waals surface area contributed by atoms with E-state index in [9.17, 15) is 9.59 Å². The molecule has 96 valence electrons. The van der Waals surface area contributed by atoms with Gasteiger partial charge in [-0.2, -0.15) is 0 Å². The molecule has 2 rings (SSSR count). The Morgan fingerprint density at radius 3 is 2.72 bits per heavy atom. The summed E-state index contributed by atoms with van der Waals surface area (Å²) in [6, 6.07) is 3.07. The summed E-state index contributed by atoms with van der Waals surface area (Å²) in [5.74, 6) is -0.683. The largest absolute Gasteiger partial charge is 0.364 e. The zero-order chi connectivity index (χ0) is 13.3. The van der Waals surface area contributed by atoms with Crippen molar-refractivity contribution in [3.63, 3.8) is 0 Å². The van der Waals surface area contributed by atoms with Crippen molar-refractivity contribution in [3.8, 4) is 0 Å². The van der Waals surface area contributed by atoms with E-state index in [2.05, 4.69) is 18.8 Å². The fourth-order valence-corrected chi connectivity index (χ4v) is 2.17. The number of carbonyl (C=O) groups excluding carboxylic acids is 2. The molecule has 1 aliphatic heterocycles. The number of hydrogen-bond donors (Lipinski definition) is 1. The average Bonchev–Trinajstić information content (AvgIpc) is 2.69. The molecule has 0 radical (unpaired) electrons. The maximum Gasteiger partial charge on any atom is 0.267 e. The summed E-state index contributed by atoms with van der Waals surface area (Å²) in [7, 11) is 0. The topological polar surface area (TPSA) is 76.3 Å². The van der Waals surface area contributed by atoms with E-state index in [0.717, 1.165) is 19.5 Å². The lowest BCUT2D eigenvalue weighted by molar-refractivity contribution is 0.0778. The van der Waals surface area contributed by atoms with E-state index in [0.29, 0.717) is 5.56 Å². The van der Waals surface area contributed by atoms with Gasteiger partial charge >= 0.3 is 0 Å². The van der Waals surface area contributed by atoms with Crippen molar-refractivity contribution in [2.75, 3.05) is 13.1 Å². The van der Waals surface area contributed by atoms with E-state index in [-0.39, 0.29) is 17.0 Å². The van der Waals surface area contributed by atoms with Gasteiger partial charge in [-0.1, -0.05) is 13.8 Å². The number of nitrogens with zero attached hydrogens (tertiary/aromatic N) is 2. The Labute approximate surface area is 106 Å². The summed E-state index contributed by atoms with van der Waals surface area (Å²) >= 11 is 0. The van der Waals surface area contributed by atoms with Gasteiger partial charge in [0.1, 0.15) is 5.69 Å². The molecule has 1 aromatic rings. The van der Waals surface area contributed by atoms with Crippen molar-refractivity contribution in [2.45, 2.75) is 20.3 Å². The summed E-state index contributed by atoms with van der Waals surface area (Å²) in [4.78, 5) is 28.9. The van der Waals surface area contributed by atoms with Crippen LogP contribution in [0.4, 0.5) is 0 Å². The van der Waals surface area contributed by atoms with Crippen LogP contribution in [0.2, 0.25) is 0 Å². The van der Waals surface area contributed by atoms with Gasteiger partial charge < -0.3 is 10.6 Å². The first-order valence-corrected chi connectivity index (χ1v) is 5.94. The molecule has 5 heteroatoms. The fourth-order valence-electron chi connectivity index (χ4n) is 2.17. The molecule has 5 nitrogen and oxygen atoms in total. The van der Waals surface area contributed by atoms with Crippen LogP contribution in [-0.2, 0) is 0 Å². The monoisotopic (exact) mass is 247 g/mol. The van der Waals surface area contributed by atoms with Crippen molar-refractivity contribution in [2.24, 2.45) is 11.1 Å². The van der Waals surface area contributed by atoms with Gasteiger partial charge in [0.25, 0.3) is 11.8 Å². The van der Waals surface area contributed by atoms with E-state index in [1.54, 1.807) is 11.0 Å². The lowest BCUT2D eigenvalue weighted by atomic mass is 9.93. The molecule has 2 amide bonds. The highest BCUT2D eigenvalue weighted by Gasteiger charge is 2.32. The SMILES string of the molecule is CC1(C)CCN(C(=O)c2ccnc(C(N)=O)c2)C1. The summed E-state index contributed by atoms with van der Waals surface area (Å²) < 4.78 is 0. The summed E-state index contributed by atoms with van der Waals surface area (Å²) in [6.45, 7) is 5.77. The van der Waals surface area contributed by atoms with Crippen LogP contribution in [0.3, 0.4) is 0 Å². The molecule has 1 aromatic heterocycles. The number of primary amides is 1. The van der Waals surface area contributed by atoms with Crippen LogP contribution in [0.5, 0.6) is 0 Å². The normalized spacial score (nSPS) is 17.8. The Balaban J connectivity index is 2.19. The number of nitrogens with two attached hydrogens (primary N) is 1. The Morgan fingerprint density at radius 1 is 1.44 bits per heavy atom. The number of carbonyl (C=O) groups is 2. The standard InChI is InChI=1S/C13H17N3O2/c1-13(2)4-6-16(8-13)12(18)9-3-5-15-10(7-9)11(14)17/h3,5,7H,4,6,8H2,1-2H3,(H2,14,17). The molecular weight excluding hydrogens is 230 g/mol. The first-order valence-electron chi connectivity index (χ1n) is 5.94. The minimum atomic E-state index is -0.619. The van der Waals surface area contributed by atoms with Crippen molar-refractivity contribution in [1.29, 1.82) is 0 Å². The number of likely N-dealkylation sites (tertiary alicyclic amines) is 1. The van der Waals surface area contributed by atoms with Crippen LogP contribution >= 0.6 is 0 Å². The number of aromatic nitrogens is 1. The molecule has 0 unspecified atom stereocenters. The van der Waals surface area contributed by atoms with Gasteiger partial charge in [-0.3, -0.25) is 14.6 Å². The number of pyridine rings is 1. The Morgan fingerprint density at radius 2 is 2.17 bits per heavy atom. The maximum absolute atomic E-state index is 12.3. The minimum Gasteiger partial charge on any atom is -0.364 e. The van der Waals surface area contributed by atoms with Crippen molar-refractivity contribution < 1.29 is 9.59 Å². The van der Waals surface area contributed by atoms with Crippen LogP contribution in [0, 0.1) is 5.41 Å². The summed E-state index contributed by atoms with van der Waals surface area (Å²) in [5, 5.41) is 0. The molecule has 1 aliphatic rings. The third-order valence-corrected chi connectivity index (χ3v) is 3.22. The molecule has 0 bridgehead atoms. The quantitative estimate of drug-likeness (QED) is 0.848. The van der Waals surface area contributed by atoms with E-state index in [4.69, 9.17) is 5.73 Å². The predicted octanol–water partition coefficient (Wildman–Crippen LogP) is 1.05. The van der Waals surface area contributed by atoms with Crippen LogP contribution < -0.4 is 5.73 Å². The van der Waals surface area contributed by atoms with Gasteiger partial charge in [0.05, 0.1) is 0 Å². The lowest BCUT2D eigenvalue weighted by Gasteiger charge is -2.19. The molecule has 0 saturated carbocycles.